The molecule has 1 heterocycles. The Hall–Kier alpha value is -1.75. The fourth-order valence-corrected chi connectivity index (χ4v) is 6.39. The number of hydrogen-bond donors (Lipinski definition) is 0. The molecule has 1 saturated heterocycles. The zero-order valence-corrected chi connectivity index (χ0v) is 23.0. The van der Waals surface area contributed by atoms with E-state index in [2.05, 4.69) is 0 Å². The third-order valence-electron chi connectivity index (χ3n) is 7.08. The van der Waals surface area contributed by atoms with Crippen molar-refractivity contribution in [2.45, 2.75) is 93.8 Å². The van der Waals surface area contributed by atoms with E-state index in [-0.39, 0.29) is 0 Å². The van der Waals surface area contributed by atoms with Crippen molar-refractivity contribution in [3.05, 3.63) is 41.9 Å². The normalized spacial score (nSPS) is 19.8. The van der Waals surface area contributed by atoms with Gasteiger partial charge in [0, 0.05) is 0 Å². The van der Waals surface area contributed by atoms with Crippen molar-refractivity contribution in [2.24, 2.45) is 0 Å². The average Bonchev–Trinajstić information content (AvgIpc) is 2.99. The lowest BCUT2D eigenvalue weighted by molar-refractivity contribution is -0.436. The molecule has 1 aromatic rings. The van der Waals surface area contributed by atoms with Gasteiger partial charge in [0.25, 0.3) is 0 Å². The maximum atomic E-state index is 14.9. The number of allylic oxidation sites excluding steroid dienone is 2. The minimum absolute atomic E-state index is 0.550. The molecule has 40 heavy (non-hydrogen) atoms. The van der Waals surface area contributed by atoms with Gasteiger partial charge in [0.15, 0.2) is 0 Å². The molecular formula is C23H26BF13O2Si. The second-order valence-electron chi connectivity index (χ2n) is 11.2. The van der Waals surface area contributed by atoms with Gasteiger partial charge in [0.1, 0.15) is 0 Å². The van der Waals surface area contributed by atoms with Crippen LogP contribution in [0.25, 0.3) is 0 Å². The highest BCUT2D eigenvalue weighted by atomic mass is 28.3. The lowest BCUT2D eigenvalue weighted by atomic mass is 9.77. The molecule has 1 aliphatic rings. The fraction of sp³-hybridized carbons (Fsp3) is 0.652. The smallest absolute Gasteiger partial charge is 0.400 e. The zero-order valence-electron chi connectivity index (χ0n) is 22.0. The van der Waals surface area contributed by atoms with Gasteiger partial charge in [-0.3, -0.25) is 0 Å². The first-order valence-electron chi connectivity index (χ1n) is 11.6. The Labute approximate surface area is 223 Å². The molecule has 0 saturated carbocycles. The number of rotatable bonds is 9. The van der Waals surface area contributed by atoms with E-state index >= 15 is 0 Å². The van der Waals surface area contributed by atoms with Crippen LogP contribution in [-0.2, 0) is 9.31 Å². The van der Waals surface area contributed by atoms with Crippen molar-refractivity contribution in [3.63, 3.8) is 0 Å². The SMILES string of the molecule is CC1(C)OB(C(=CC(F)(F)C(F)(F)C(F)(F)C(F)(F)C(F)(F)C(F)(F)F)C[Si](C)(C)c2ccccc2)OC1(C)C. The van der Waals surface area contributed by atoms with E-state index in [1.54, 1.807) is 43.4 Å². The Bertz CT molecular complexity index is 1080. The van der Waals surface area contributed by atoms with Crippen LogP contribution in [0.1, 0.15) is 27.7 Å². The van der Waals surface area contributed by atoms with Crippen LogP contribution in [0.3, 0.4) is 0 Å². The molecule has 1 fully saturated rings. The van der Waals surface area contributed by atoms with Crippen LogP contribution in [0, 0.1) is 0 Å². The predicted octanol–water partition coefficient (Wildman–Crippen LogP) is 7.90. The summed E-state index contributed by atoms with van der Waals surface area (Å²) in [7, 11) is -4.92. The molecule has 0 aromatic heterocycles. The van der Waals surface area contributed by atoms with Gasteiger partial charge < -0.3 is 9.31 Å². The third-order valence-corrected chi connectivity index (χ3v) is 10.3. The first kappa shape index (κ1) is 34.5. The van der Waals surface area contributed by atoms with E-state index in [4.69, 9.17) is 9.31 Å². The second kappa shape index (κ2) is 9.92. The van der Waals surface area contributed by atoms with Crippen LogP contribution in [0.5, 0.6) is 0 Å². The molecule has 0 atom stereocenters. The molecule has 0 aliphatic carbocycles. The van der Waals surface area contributed by atoms with E-state index in [0.717, 1.165) is 0 Å². The minimum Gasteiger partial charge on any atom is -0.400 e. The predicted molar refractivity (Wildman–Crippen MR) is 123 cm³/mol. The molecule has 1 aliphatic heterocycles. The van der Waals surface area contributed by atoms with Gasteiger partial charge in [-0.2, -0.15) is 57.1 Å². The summed E-state index contributed by atoms with van der Waals surface area (Å²) in [5, 5.41) is 0.550. The summed E-state index contributed by atoms with van der Waals surface area (Å²) >= 11 is 0. The van der Waals surface area contributed by atoms with Gasteiger partial charge in [-0.15, -0.1) is 0 Å². The summed E-state index contributed by atoms with van der Waals surface area (Å²) in [6.45, 7) is 8.81. The van der Waals surface area contributed by atoms with E-state index < -0.39 is 79.8 Å². The van der Waals surface area contributed by atoms with E-state index in [1.165, 1.54) is 27.7 Å². The maximum Gasteiger partial charge on any atom is 0.490 e. The van der Waals surface area contributed by atoms with Gasteiger partial charge in [-0.1, -0.05) is 48.6 Å². The summed E-state index contributed by atoms with van der Waals surface area (Å²) in [6, 6.07) is 7.29. The van der Waals surface area contributed by atoms with Crippen molar-refractivity contribution in [1.29, 1.82) is 0 Å². The van der Waals surface area contributed by atoms with Crippen LogP contribution >= 0.6 is 0 Å². The Morgan fingerprint density at radius 1 is 0.700 bits per heavy atom. The van der Waals surface area contributed by atoms with Gasteiger partial charge in [0.05, 0.1) is 19.3 Å². The van der Waals surface area contributed by atoms with E-state index in [9.17, 15) is 57.1 Å². The van der Waals surface area contributed by atoms with Crippen molar-refractivity contribution in [3.8, 4) is 0 Å². The lowest BCUT2D eigenvalue weighted by Gasteiger charge is -2.39. The molecule has 2 rings (SSSR count). The van der Waals surface area contributed by atoms with Gasteiger partial charge in [-0.25, -0.2) is 0 Å². The number of hydrogen-bond acceptors (Lipinski definition) is 2. The van der Waals surface area contributed by atoms with Crippen LogP contribution in [0.4, 0.5) is 57.1 Å². The Morgan fingerprint density at radius 3 is 1.50 bits per heavy atom. The molecule has 0 amide bonds. The highest BCUT2D eigenvalue weighted by Crippen LogP contribution is 2.60. The first-order valence-corrected chi connectivity index (χ1v) is 14.8. The Kier molecular flexibility index (Phi) is 8.54. The van der Waals surface area contributed by atoms with Crippen LogP contribution in [0.2, 0.25) is 19.1 Å². The lowest BCUT2D eigenvalue weighted by Crippen LogP contribution is -2.69. The van der Waals surface area contributed by atoms with Gasteiger partial charge in [0.2, 0.25) is 0 Å². The van der Waals surface area contributed by atoms with Crippen LogP contribution in [0.15, 0.2) is 41.9 Å². The van der Waals surface area contributed by atoms with Crippen molar-refractivity contribution in [1.82, 2.24) is 0 Å². The van der Waals surface area contributed by atoms with Crippen LogP contribution < -0.4 is 5.19 Å². The zero-order chi connectivity index (χ0) is 31.6. The second-order valence-corrected chi connectivity index (χ2v) is 15.9. The largest absolute Gasteiger partial charge is 0.490 e. The Morgan fingerprint density at radius 2 is 1.10 bits per heavy atom. The average molecular weight is 620 g/mol. The summed E-state index contributed by atoms with van der Waals surface area (Å²) in [5.41, 5.74) is -3.50. The molecule has 17 heteroatoms. The monoisotopic (exact) mass is 620 g/mol. The molecule has 0 unspecified atom stereocenters. The quantitative estimate of drug-likeness (QED) is 0.207. The molecule has 0 spiro atoms. The number of benzene rings is 1. The van der Waals surface area contributed by atoms with E-state index in [1.807, 2.05) is 0 Å². The summed E-state index contributed by atoms with van der Waals surface area (Å²) in [4.78, 5) is 0. The minimum atomic E-state index is -7.97. The molecule has 1 aromatic carbocycles. The van der Waals surface area contributed by atoms with Crippen molar-refractivity contribution >= 4 is 20.4 Å². The number of halogens is 13. The first-order chi connectivity index (χ1) is 17.5. The topological polar surface area (TPSA) is 18.5 Å². The van der Waals surface area contributed by atoms with Crippen LogP contribution in [-0.4, -0.2) is 62.2 Å². The molecular weight excluding hydrogens is 594 g/mol. The van der Waals surface area contributed by atoms with E-state index in [0.29, 0.717) is 5.19 Å². The third kappa shape index (κ3) is 5.53. The molecule has 0 bridgehead atoms. The summed E-state index contributed by atoms with van der Waals surface area (Å²) in [6.07, 6.45) is -8.33. The highest BCUT2D eigenvalue weighted by Gasteiger charge is 2.90. The van der Waals surface area contributed by atoms with Crippen molar-refractivity contribution < 1.29 is 66.4 Å². The fourth-order valence-electron chi connectivity index (χ4n) is 3.80. The van der Waals surface area contributed by atoms with Gasteiger partial charge >= 0.3 is 42.9 Å². The Balaban J connectivity index is 2.70. The number of alkyl halides is 13. The summed E-state index contributed by atoms with van der Waals surface area (Å²) in [5.74, 6) is -37.5. The highest BCUT2D eigenvalue weighted by molar-refractivity contribution is 6.91. The maximum absolute atomic E-state index is 14.9. The van der Waals surface area contributed by atoms with Gasteiger partial charge in [-0.05, 0) is 45.3 Å². The standard InChI is InChI=1S/C23H26BF13O2Si/c1-16(2)17(3,4)39-24(38-16)14(13-40(5,6)15-10-8-7-9-11-15)12-18(25,26)19(27,28)20(29,30)21(31,32)22(33,34)23(35,36)37/h7-12H,13H2,1-6H3. The molecule has 2 nitrogen and oxygen atoms in total. The molecule has 0 N–H and O–H groups in total. The summed E-state index contributed by atoms with van der Waals surface area (Å²) < 4.78 is 189. The van der Waals surface area contributed by atoms with Crippen molar-refractivity contribution in [2.75, 3.05) is 0 Å². The molecule has 228 valence electrons. The molecule has 0 radical (unpaired) electrons.